The summed E-state index contributed by atoms with van der Waals surface area (Å²) in [6.07, 6.45) is 1.44. The number of H-pyrrole nitrogens is 1. The van der Waals surface area contributed by atoms with Gasteiger partial charge in [-0.05, 0) is 12.1 Å². The topological polar surface area (TPSA) is 40.7 Å². The van der Waals surface area contributed by atoms with E-state index in [2.05, 4.69) is 15.3 Å². The van der Waals surface area contributed by atoms with Crippen molar-refractivity contribution in [1.29, 1.82) is 0 Å². The summed E-state index contributed by atoms with van der Waals surface area (Å²) in [7, 11) is 0. The summed E-state index contributed by atoms with van der Waals surface area (Å²) in [6.45, 7) is 4.56. The first-order valence-electron chi connectivity index (χ1n) is 5.79. The van der Waals surface area contributed by atoms with E-state index in [0.717, 1.165) is 0 Å². The number of imidazole rings is 1. The van der Waals surface area contributed by atoms with Crippen LogP contribution in [0.4, 0.5) is 8.78 Å². The van der Waals surface area contributed by atoms with Crippen molar-refractivity contribution in [2.45, 2.75) is 26.4 Å². The van der Waals surface area contributed by atoms with Gasteiger partial charge in [0.1, 0.15) is 17.5 Å². The third-order valence-corrected chi connectivity index (χ3v) is 2.54. The van der Waals surface area contributed by atoms with Crippen molar-refractivity contribution in [1.82, 2.24) is 15.3 Å². The number of hydrogen-bond donors (Lipinski definition) is 2. The van der Waals surface area contributed by atoms with Crippen LogP contribution in [0.2, 0.25) is 0 Å². The number of nitrogens with one attached hydrogen (secondary N) is 2. The van der Waals surface area contributed by atoms with Crippen LogP contribution in [0.25, 0.3) is 11.3 Å². The molecule has 96 valence electrons. The summed E-state index contributed by atoms with van der Waals surface area (Å²) in [5.74, 6) is -0.537. The van der Waals surface area contributed by atoms with Gasteiger partial charge in [0, 0.05) is 6.04 Å². The number of hydrogen-bond acceptors (Lipinski definition) is 2. The lowest BCUT2D eigenvalue weighted by Crippen LogP contribution is -2.22. The van der Waals surface area contributed by atoms with Crippen molar-refractivity contribution in [3.05, 3.63) is 41.9 Å². The molecular formula is C13H15F2N3. The van der Waals surface area contributed by atoms with Crippen molar-refractivity contribution in [2.75, 3.05) is 0 Å². The van der Waals surface area contributed by atoms with Crippen molar-refractivity contribution in [3.63, 3.8) is 0 Å². The van der Waals surface area contributed by atoms with E-state index in [9.17, 15) is 8.78 Å². The van der Waals surface area contributed by atoms with Crippen LogP contribution in [0.5, 0.6) is 0 Å². The molecule has 0 aliphatic heterocycles. The number of halogens is 2. The second-order valence-corrected chi connectivity index (χ2v) is 4.38. The number of nitrogens with zero attached hydrogens (tertiary/aromatic N) is 1. The van der Waals surface area contributed by atoms with Crippen LogP contribution in [-0.4, -0.2) is 16.0 Å². The van der Waals surface area contributed by atoms with Gasteiger partial charge in [0.05, 0.1) is 24.0 Å². The SMILES string of the molecule is CC(C)NCc1ncc(-c2c(F)cccc2F)[nH]1. The Hall–Kier alpha value is -1.75. The predicted molar refractivity (Wildman–Crippen MR) is 65.9 cm³/mol. The summed E-state index contributed by atoms with van der Waals surface area (Å²) in [5.41, 5.74) is 0.284. The highest BCUT2D eigenvalue weighted by molar-refractivity contribution is 5.60. The fraction of sp³-hybridized carbons (Fsp3) is 0.308. The molecule has 0 amide bonds. The third kappa shape index (κ3) is 2.73. The number of aromatic amines is 1. The molecule has 0 unspecified atom stereocenters. The van der Waals surface area contributed by atoms with Gasteiger partial charge in [0.25, 0.3) is 0 Å². The van der Waals surface area contributed by atoms with Crippen molar-refractivity contribution < 1.29 is 8.78 Å². The van der Waals surface area contributed by atoms with E-state index < -0.39 is 11.6 Å². The molecular weight excluding hydrogens is 236 g/mol. The van der Waals surface area contributed by atoms with Crippen LogP contribution < -0.4 is 5.32 Å². The molecule has 0 saturated heterocycles. The average Bonchev–Trinajstić information content (AvgIpc) is 2.75. The van der Waals surface area contributed by atoms with Gasteiger partial charge in [0.15, 0.2) is 0 Å². The zero-order valence-electron chi connectivity index (χ0n) is 10.3. The molecule has 1 aromatic heterocycles. The molecule has 3 nitrogen and oxygen atoms in total. The van der Waals surface area contributed by atoms with Gasteiger partial charge in [-0.3, -0.25) is 0 Å². The second kappa shape index (κ2) is 5.27. The fourth-order valence-electron chi connectivity index (χ4n) is 1.64. The summed E-state index contributed by atoms with van der Waals surface area (Å²) in [4.78, 5) is 7.01. The minimum Gasteiger partial charge on any atom is -0.341 e. The molecule has 2 rings (SSSR count). The first-order valence-corrected chi connectivity index (χ1v) is 5.79. The Kier molecular flexibility index (Phi) is 3.72. The van der Waals surface area contributed by atoms with Crippen LogP contribution in [0.3, 0.4) is 0 Å². The predicted octanol–water partition coefficient (Wildman–Crippen LogP) is 2.85. The lowest BCUT2D eigenvalue weighted by Gasteiger charge is -2.05. The largest absolute Gasteiger partial charge is 0.341 e. The minimum absolute atomic E-state index is 0.0687. The standard InChI is InChI=1S/C13H15F2N3/c1-8(2)16-7-12-17-6-11(18-12)13-9(14)4-3-5-10(13)15/h3-6,8,16H,7H2,1-2H3,(H,17,18). The van der Waals surface area contributed by atoms with Gasteiger partial charge in [-0.25, -0.2) is 13.8 Å². The van der Waals surface area contributed by atoms with Gasteiger partial charge in [-0.2, -0.15) is 0 Å². The maximum absolute atomic E-state index is 13.6. The van der Waals surface area contributed by atoms with E-state index in [-0.39, 0.29) is 5.56 Å². The van der Waals surface area contributed by atoms with Gasteiger partial charge in [0.2, 0.25) is 0 Å². The Morgan fingerprint density at radius 2 is 1.94 bits per heavy atom. The van der Waals surface area contributed by atoms with E-state index in [4.69, 9.17) is 0 Å². The fourth-order valence-corrected chi connectivity index (χ4v) is 1.64. The molecule has 0 radical (unpaired) electrons. The molecule has 0 saturated carbocycles. The minimum atomic E-state index is -0.595. The Balaban J connectivity index is 2.24. The van der Waals surface area contributed by atoms with Crippen LogP contribution >= 0.6 is 0 Å². The Labute approximate surface area is 104 Å². The number of aromatic nitrogens is 2. The van der Waals surface area contributed by atoms with Gasteiger partial charge in [-0.15, -0.1) is 0 Å². The molecule has 2 aromatic rings. The maximum Gasteiger partial charge on any atom is 0.135 e. The number of rotatable bonds is 4. The van der Waals surface area contributed by atoms with E-state index in [1.165, 1.54) is 24.4 Å². The van der Waals surface area contributed by atoms with Gasteiger partial charge in [-0.1, -0.05) is 19.9 Å². The number of benzene rings is 1. The van der Waals surface area contributed by atoms with E-state index in [1.807, 2.05) is 13.8 Å². The van der Waals surface area contributed by atoms with Crippen LogP contribution in [0.1, 0.15) is 19.7 Å². The van der Waals surface area contributed by atoms with Crippen LogP contribution in [-0.2, 0) is 6.54 Å². The Bertz CT molecular complexity index is 515. The molecule has 2 N–H and O–H groups in total. The molecule has 1 aromatic carbocycles. The maximum atomic E-state index is 13.6. The van der Waals surface area contributed by atoms with Gasteiger partial charge >= 0.3 is 0 Å². The molecule has 18 heavy (non-hydrogen) atoms. The average molecular weight is 251 g/mol. The first-order chi connectivity index (χ1) is 8.58. The summed E-state index contributed by atoms with van der Waals surface area (Å²) in [5, 5.41) is 3.17. The van der Waals surface area contributed by atoms with Crippen LogP contribution in [0.15, 0.2) is 24.4 Å². The smallest absolute Gasteiger partial charge is 0.135 e. The lowest BCUT2D eigenvalue weighted by atomic mass is 10.1. The van der Waals surface area contributed by atoms with Crippen LogP contribution in [0, 0.1) is 11.6 Å². The lowest BCUT2D eigenvalue weighted by molar-refractivity contribution is 0.574. The highest BCUT2D eigenvalue weighted by Crippen LogP contribution is 2.24. The zero-order valence-corrected chi connectivity index (χ0v) is 10.3. The molecule has 0 bridgehead atoms. The summed E-state index contributed by atoms with van der Waals surface area (Å²) in [6, 6.07) is 4.12. The molecule has 0 aliphatic carbocycles. The van der Waals surface area contributed by atoms with E-state index in [1.54, 1.807) is 0 Å². The Morgan fingerprint density at radius 3 is 2.56 bits per heavy atom. The van der Waals surface area contributed by atoms with Crippen molar-refractivity contribution in [3.8, 4) is 11.3 Å². The third-order valence-electron chi connectivity index (χ3n) is 2.54. The van der Waals surface area contributed by atoms with Crippen molar-refractivity contribution in [2.24, 2.45) is 0 Å². The molecule has 0 spiro atoms. The first kappa shape index (κ1) is 12.7. The molecule has 5 heteroatoms. The molecule has 0 atom stereocenters. The Morgan fingerprint density at radius 1 is 1.28 bits per heavy atom. The molecule has 0 fully saturated rings. The molecule has 0 aliphatic rings. The quantitative estimate of drug-likeness (QED) is 0.877. The molecule has 1 heterocycles. The van der Waals surface area contributed by atoms with Crippen molar-refractivity contribution >= 4 is 0 Å². The highest BCUT2D eigenvalue weighted by atomic mass is 19.1. The second-order valence-electron chi connectivity index (χ2n) is 4.38. The van der Waals surface area contributed by atoms with E-state index >= 15 is 0 Å². The highest BCUT2D eigenvalue weighted by Gasteiger charge is 2.13. The van der Waals surface area contributed by atoms with E-state index in [0.29, 0.717) is 24.1 Å². The summed E-state index contributed by atoms with van der Waals surface area (Å²) < 4.78 is 27.1. The monoisotopic (exact) mass is 251 g/mol. The van der Waals surface area contributed by atoms with Gasteiger partial charge < -0.3 is 10.3 Å². The zero-order chi connectivity index (χ0) is 13.1. The normalized spacial score (nSPS) is 11.2. The summed E-state index contributed by atoms with van der Waals surface area (Å²) >= 11 is 0.